The van der Waals surface area contributed by atoms with Crippen LogP contribution in [-0.2, 0) is 9.59 Å². The number of rotatable bonds is 3. The zero-order chi connectivity index (χ0) is 16.2. The lowest BCUT2D eigenvalue weighted by atomic mass is 10.0. The van der Waals surface area contributed by atoms with Gasteiger partial charge in [-0.1, -0.05) is 29.8 Å². The minimum Gasteiger partial charge on any atom is -0.346 e. The molecule has 6 nitrogen and oxygen atoms in total. The number of hydrogen-bond donors (Lipinski definition) is 2. The van der Waals surface area contributed by atoms with Crippen molar-refractivity contribution in [3.63, 3.8) is 0 Å². The van der Waals surface area contributed by atoms with Crippen molar-refractivity contribution >= 4 is 23.3 Å². The van der Waals surface area contributed by atoms with Crippen LogP contribution < -0.4 is 15.8 Å². The summed E-state index contributed by atoms with van der Waals surface area (Å²) in [6, 6.07) is 7.65. The van der Waals surface area contributed by atoms with Crippen molar-refractivity contribution in [2.45, 2.75) is 32.2 Å². The summed E-state index contributed by atoms with van der Waals surface area (Å²) >= 11 is 0. The molecule has 0 unspecified atom stereocenters. The summed E-state index contributed by atoms with van der Waals surface area (Å²) < 4.78 is 0. The molecule has 0 aromatic heterocycles. The first kappa shape index (κ1) is 15.3. The third-order valence-electron chi connectivity index (χ3n) is 3.95. The highest BCUT2D eigenvalue weighted by molar-refractivity contribution is 6.39. The molecular weight excluding hydrogens is 292 g/mol. The Morgan fingerprint density at radius 1 is 1.30 bits per heavy atom. The fourth-order valence-corrected chi connectivity index (χ4v) is 2.62. The molecule has 6 heteroatoms. The Bertz CT molecular complexity index is 664. The van der Waals surface area contributed by atoms with Crippen LogP contribution in [-0.4, -0.2) is 30.2 Å². The van der Waals surface area contributed by atoms with Crippen LogP contribution in [0.25, 0.3) is 0 Å². The molecule has 120 valence electrons. The van der Waals surface area contributed by atoms with Gasteiger partial charge in [0, 0.05) is 6.04 Å². The minimum absolute atomic E-state index is 0.0335. The number of carbonyl (C=O) groups is 2. The average Bonchev–Trinajstić information content (AvgIpc) is 2.57. The lowest BCUT2D eigenvalue weighted by molar-refractivity contribution is -0.118. The van der Waals surface area contributed by atoms with Crippen molar-refractivity contribution in [2.24, 2.45) is 4.99 Å². The molecule has 0 bridgehead atoms. The maximum absolute atomic E-state index is 12.3. The number of hydrazine groups is 1. The van der Waals surface area contributed by atoms with E-state index < -0.39 is 0 Å². The molecule has 23 heavy (non-hydrogen) atoms. The van der Waals surface area contributed by atoms with Crippen molar-refractivity contribution < 1.29 is 9.59 Å². The lowest BCUT2D eigenvalue weighted by Crippen LogP contribution is -2.56. The molecule has 2 N–H and O–H groups in total. The number of hydrogen-bond acceptors (Lipinski definition) is 4. The van der Waals surface area contributed by atoms with Crippen molar-refractivity contribution in [1.82, 2.24) is 10.7 Å². The number of aryl methyl sites for hydroxylation is 1. The van der Waals surface area contributed by atoms with Crippen molar-refractivity contribution in [2.75, 3.05) is 11.6 Å². The summed E-state index contributed by atoms with van der Waals surface area (Å²) in [6.07, 6.45) is 6.93. The van der Waals surface area contributed by atoms with E-state index in [0.717, 1.165) is 24.8 Å². The topological polar surface area (TPSA) is 73.8 Å². The van der Waals surface area contributed by atoms with Crippen molar-refractivity contribution in [1.29, 1.82) is 0 Å². The Kier molecular flexibility index (Phi) is 4.41. The summed E-state index contributed by atoms with van der Waals surface area (Å²) in [6.45, 7) is 1.95. The normalized spacial score (nSPS) is 20.7. The Morgan fingerprint density at radius 2 is 2.09 bits per heavy atom. The highest BCUT2D eigenvalue weighted by Gasteiger charge is 2.26. The monoisotopic (exact) mass is 312 g/mol. The quantitative estimate of drug-likeness (QED) is 0.830. The van der Waals surface area contributed by atoms with Gasteiger partial charge in [-0.2, -0.15) is 0 Å². The molecule has 1 aromatic rings. The zero-order valence-corrected chi connectivity index (χ0v) is 13.1. The maximum atomic E-state index is 12.3. The largest absolute Gasteiger partial charge is 0.346 e. The number of amides is 2. The summed E-state index contributed by atoms with van der Waals surface area (Å²) in [7, 11) is 0. The van der Waals surface area contributed by atoms with Crippen molar-refractivity contribution in [3.8, 4) is 0 Å². The van der Waals surface area contributed by atoms with Gasteiger partial charge in [0.1, 0.15) is 6.54 Å². The van der Waals surface area contributed by atoms with Gasteiger partial charge in [-0.25, -0.2) is 5.01 Å². The van der Waals surface area contributed by atoms with E-state index in [2.05, 4.69) is 27.9 Å². The molecule has 0 saturated carbocycles. The Balaban J connectivity index is 1.69. The van der Waals surface area contributed by atoms with Crippen LogP contribution >= 0.6 is 0 Å². The summed E-state index contributed by atoms with van der Waals surface area (Å²) in [5.74, 6) is -0.277. The first-order valence-electron chi connectivity index (χ1n) is 7.80. The van der Waals surface area contributed by atoms with E-state index in [1.165, 1.54) is 5.01 Å². The van der Waals surface area contributed by atoms with E-state index in [-0.39, 0.29) is 30.2 Å². The number of anilines is 1. The van der Waals surface area contributed by atoms with Crippen LogP contribution in [0.5, 0.6) is 0 Å². The summed E-state index contributed by atoms with van der Waals surface area (Å²) in [5, 5.41) is 4.34. The molecule has 0 radical (unpaired) electrons. The number of nitrogens with one attached hydrogen (secondary N) is 2. The minimum atomic E-state index is -0.269. The first-order valence-corrected chi connectivity index (χ1v) is 7.80. The fourth-order valence-electron chi connectivity index (χ4n) is 2.62. The van der Waals surface area contributed by atoms with Gasteiger partial charge in [0.15, 0.2) is 0 Å². The van der Waals surface area contributed by atoms with E-state index in [0.29, 0.717) is 5.69 Å². The number of aliphatic imine (C=N–C) groups is 1. The second-order valence-corrected chi connectivity index (χ2v) is 5.80. The second-order valence-electron chi connectivity index (χ2n) is 5.80. The molecule has 0 fully saturated rings. The second kappa shape index (κ2) is 6.64. The van der Waals surface area contributed by atoms with Gasteiger partial charge >= 0.3 is 0 Å². The Morgan fingerprint density at radius 3 is 2.78 bits per heavy atom. The van der Waals surface area contributed by atoms with Crippen LogP contribution in [0.4, 0.5) is 5.69 Å². The summed E-state index contributed by atoms with van der Waals surface area (Å²) in [5.41, 5.74) is 4.63. The van der Waals surface area contributed by atoms with Gasteiger partial charge in [0.05, 0.1) is 5.69 Å². The van der Waals surface area contributed by atoms with E-state index >= 15 is 0 Å². The maximum Gasteiger partial charge on any atom is 0.288 e. The van der Waals surface area contributed by atoms with Gasteiger partial charge in [0.2, 0.25) is 5.84 Å². The van der Waals surface area contributed by atoms with Gasteiger partial charge in [-0.05, 0) is 38.3 Å². The molecule has 1 aliphatic carbocycles. The molecule has 2 amide bonds. The molecule has 1 aliphatic heterocycles. The molecule has 1 atom stereocenters. The summed E-state index contributed by atoms with van der Waals surface area (Å²) in [4.78, 5) is 28.4. The third-order valence-corrected chi connectivity index (χ3v) is 3.95. The van der Waals surface area contributed by atoms with Gasteiger partial charge in [0.25, 0.3) is 11.8 Å². The standard InChI is InChI=1S/C17H20N4O2/c1-12-7-9-14(10-8-12)21-15(22)11-18-16(20-21)17(23)19-13-5-3-2-4-6-13/h2-3,7-10,13H,4-6,11H2,1H3,(H,18,20)(H,19,23)/t13-/m1/s1. The number of allylic oxidation sites excluding steroid dienone is 1. The predicted molar refractivity (Wildman–Crippen MR) is 89.0 cm³/mol. The third kappa shape index (κ3) is 3.59. The van der Waals surface area contributed by atoms with Gasteiger partial charge in [-0.15, -0.1) is 0 Å². The first-order chi connectivity index (χ1) is 11.1. The molecule has 1 heterocycles. The van der Waals surface area contributed by atoms with Gasteiger partial charge in [-0.3, -0.25) is 20.0 Å². The van der Waals surface area contributed by atoms with Crippen LogP contribution in [0.15, 0.2) is 41.4 Å². The predicted octanol–water partition coefficient (Wildman–Crippen LogP) is 1.47. The Hall–Kier alpha value is -2.63. The van der Waals surface area contributed by atoms with E-state index in [1.54, 1.807) is 0 Å². The average molecular weight is 312 g/mol. The SMILES string of the molecule is Cc1ccc(N2NC(C(=O)N[C@@H]3CC=CCC3)=NCC2=O)cc1. The molecule has 0 spiro atoms. The van der Waals surface area contributed by atoms with E-state index in [9.17, 15) is 9.59 Å². The van der Waals surface area contributed by atoms with Gasteiger partial charge < -0.3 is 5.32 Å². The van der Waals surface area contributed by atoms with Crippen molar-refractivity contribution in [3.05, 3.63) is 42.0 Å². The number of amidine groups is 1. The van der Waals surface area contributed by atoms with Crippen LogP contribution in [0.2, 0.25) is 0 Å². The van der Waals surface area contributed by atoms with Crippen LogP contribution in [0.1, 0.15) is 24.8 Å². The lowest BCUT2D eigenvalue weighted by Gasteiger charge is -2.28. The van der Waals surface area contributed by atoms with E-state index in [1.807, 2.05) is 31.2 Å². The van der Waals surface area contributed by atoms with Crippen LogP contribution in [0.3, 0.4) is 0 Å². The number of nitrogens with zero attached hydrogens (tertiary/aromatic N) is 2. The number of carbonyl (C=O) groups excluding carboxylic acids is 2. The highest BCUT2D eigenvalue weighted by atomic mass is 16.2. The Labute approximate surface area is 135 Å². The molecule has 3 rings (SSSR count). The molecule has 2 aliphatic rings. The van der Waals surface area contributed by atoms with Crippen LogP contribution in [0, 0.1) is 6.92 Å². The fraction of sp³-hybridized carbons (Fsp3) is 0.353. The highest BCUT2D eigenvalue weighted by Crippen LogP contribution is 2.15. The zero-order valence-electron chi connectivity index (χ0n) is 13.1. The molecule has 1 aromatic carbocycles. The van der Waals surface area contributed by atoms with E-state index in [4.69, 9.17) is 0 Å². The molecular formula is C17H20N4O2. The number of benzene rings is 1. The molecule has 0 saturated heterocycles. The smallest absolute Gasteiger partial charge is 0.288 e.